The summed E-state index contributed by atoms with van der Waals surface area (Å²) < 4.78 is 5.20. The lowest BCUT2D eigenvalue weighted by Crippen LogP contribution is -2.23. The second-order valence-electron chi connectivity index (χ2n) is 4.10. The van der Waals surface area contributed by atoms with Crippen molar-refractivity contribution in [1.29, 1.82) is 0 Å². The molecule has 0 unspecified atom stereocenters. The molecule has 1 aliphatic rings. The number of rotatable bonds is 3. The Hall–Kier alpha value is -1.94. The van der Waals surface area contributed by atoms with Crippen molar-refractivity contribution in [1.82, 2.24) is 0 Å². The predicted molar refractivity (Wildman–Crippen MR) is 66.0 cm³/mol. The van der Waals surface area contributed by atoms with Crippen molar-refractivity contribution in [2.24, 2.45) is 0 Å². The molecule has 1 N–H and O–H groups in total. The van der Waals surface area contributed by atoms with Crippen LogP contribution in [0.15, 0.2) is 29.3 Å². The van der Waals surface area contributed by atoms with Gasteiger partial charge in [0.05, 0.1) is 12.2 Å². The quantitative estimate of drug-likeness (QED) is 0.887. The molecule has 1 aliphatic carbocycles. The maximum Gasteiger partial charge on any atom is 0.196 e. The molecule has 18 heavy (non-hydrogen) atoms. The van der Waals surface area contributed by atoms with Crippen molar-refractivity contribution in [3.8, 4) is 5.75 Å². The third-order valence-corrected chi connectivity index (χ3v) is 3.03. The zero-order valence-corrected chi connectivity index (χ0v) is 10.3. The SMILES string of the molecule is CCOCC1=C(C)C(=O)c2cccc(O)c2C1=O. The average Bonchev–Trinajstić information content (AvgIpc) is 2.36. The lowest BCUT2D eigenvalue weighted by atomic mass is 9.84. The largest absolute Gasteiger partial charge is 0.507 e. The maximum atomic E-state index is 12.2. The molecule has 0 atom stereocenters. The van der Waals surface area contributed by atoms with Crippen LogP contribution >= 0.6 is 0 Å². The minimum Gasteiger partial charge on any atom is -0.507 e. The highest BCUT2D eigenvalue weighted by Gasteiger charge is 2.31. The Labute approximate surface area is 105 Å². The highest BCUT2D eigenvalue weighted by Crippen LogP contribution is 2.31. The number of fused-ring (bicyclic) bond motifs is 1. The van der Waals surface area contributed by atoms with Crippen LogP contribution in [-0.2, 0) is 4.74 Å². The van der Waals surface area contributed by atoms with Crippen molar-refractivity contribution >= 4 is 11.6 Å². The van der Waals surface area contributed by atoms with E-state index in [0.29, 0.717) is 17.8 Å². The zero-order chi connectivity index (χ0) is 13.3. The van der Waals surface area contributed by atoms with Gasteiger partial charge in [-0.05, 0) is 19.9 Å². The zero-order valence-electron chi connectivity index (χ0n) is 10.3. The second kappa shape index (κ2) is 4.74. The van der Waals surface area contributed by atoms with Gasteiger partial charge in [-0.3, -0.25) is 9.59 Å². The Kier molecular flexibility index (Phi) is 3.30. The van der Waals surface area contributed by atoms with Crippen LogP contribution in [0.5, 0.6) is 5.75 Å². The van der Waals surface area contributed by atoms with Crippen LogP contribution in [0.25, 0.3) is 0 Å². The lowest BCUT2D eigenvalue weighted by molar-refractivity contribution is 0.0939. The first-order valence-electron chi connectivity index (χ1n) is 5.76. The first-order chi connectivity index (χ1) is 8.57. The molecule has 0 saturated carbocycles. The van der Waals surface area contributed by atoms with Gasteiger partial charge in [-0.15, -0.1) is 0 Å². The topological polar surface area (TPSA) is 63.6 Å². The van der Waals surface area contributed by atoms with Gasteiger partial charge in [0, 0.05) is 23.3 Å². The van der Waals surface area contributed by atoms with Gasteiger partial charge in [-0.2, -0.15) is 0 Å². The number of phenolic OH excluding ortho intramolecular Hbond substituents is 1. The molecule has 1 aromatic carbocycles. The van der Waals surface area contributed by atoms with E-state index in [-0.39, 0.29) is 35.0 Å². The fourth-order valence-electron chi connectivity index (χ4n) is 2.01. The van der Waals surface area contributed by atoms with Crippen LogP contribution in [0.2, 0.25) is 0 Å². The summed E-state index contributed by atoms with van der Waals surface area (Å²) in [5.41, 5.74) is 1.07. The molecule has 0 radical (unpaired) electrons. The average molecular weight is 246 g/mol. The monoisotopic (exact) mass is 246 g/mol. The van der Waals surface area contributed by atoms with E-state index < -0.39 is 0 Å². The highest BCUT2D eigenvalue weighted by atomic mass is 16.5. The molecule has 0 spiro atoms. The summed E-state index contributed by atoms with van der Waals surface area (Å²) in [6.45, 7) is 3.99. The second-order valence-corrected chi connectivity index (χ2v) is 4.10. The fraction of sp³-hybridized carbons (Fsp3) is 0.286. The van der Waals surface area contributed by atoms with Gasteiger partial charge >= 0.3 is 0 Å². The minimum absolute atomic E-state index is 0.0859. The predicted octanol–water partition coefficient (Wildman–Crippen LogP) is 2.12. The molecule has 0 fully saturated rings. The molecule has 1 aromatic rings. The molecule has 4 heteroatoms. The Morgan fingerprint density at radius 1 is 1.22 bits per heavy atom. The minimum atomic E-state index is -0.325. The van der Waals surface area contributed by atoms with Crippen molar-refractivity contribution in [3.63, 3.8) is 0 Å². The van der Waals surface area contributed by atoms with Crippen molar-refractivity contribution in [2.75, 3.05) is 13.2 Å². The summed E-state index contributed by atoms with van der Waals surface area (Å²) in [5, 5.41) is 9.74. The van der Waals surface area contributed by atoms with Crippen LogP contribution in [0.1, 0.15) is 34.6 Å². The molecule has 0 aromatic heterocycles. The third kappa shape index (κ3) is 1.84. The van der Waals surface area contributed by atoms with Crippen LogP contribution in [0, 0.1) is 0 Å². The van der Waals surface area contributed by atoms with E-state index in [1.54, 1.807) is 19.1 Å². The Morgan fingerprint density at radius 3 is 2.61 bits per heavy atom. The Bertz CT molecular complexity index is 555. The summed E-state index contributed by atoms with van der Waals surface area (Å²) in [7, 11) is 0. The van der Waals surface area contributed by atoms with E-state index in [9.17, 15) is 14.7 Å². The third-order valence-electron chi connectivity index (χ3n) is 3.03. The van der Waals surface area contributed by atoms with Crippen LogP contribution in [0.3, 0.4) is 0 Å². The van der Waals surface area contributed by atoms with Gasteiger partial charge in [0.2, 0.25) is 0 Å². The molecule has 0 aliphatic heterocycles. The first-order valence-corrected chi connectivity index (χ1v) is 5.76. The Morgan fingerprint density at radius 2 is 1.94 bits per heavy atom. The first kappa shape index (κ1) is 12.5. The van der Waals surface area contributed by atoms with Gasteiger partial charge < -0.3 is 9.84 Å². The molecule has 0 heterocycles. The van der Waals surface area contributed by atoms with Crippen molar-refractivity contribution in [3.05, 3.63) is 40.5 Å². The van der Waals surface area contributed by atoms with E-state index in [4.69, 9.17) is 4.74 Å². The molecule has 94 valence electrons. The van der Waals surface area contributed by atoms with E-state index in [1.807, 2.05) is 6.92 Å². The van der Waals surface area contributed by atoms with Crippen LogP contribution in [0.4, 0.5) is 0 Å². The number of benzene rings is 1. The van der Waals surface area contributed by atoms with Gasteiger partial charge in [-0.1, -0.05) is 12.1 Å². The van der Waals surface area contributed by atoms with Gasteiger partial charge in [0.15, 0.2) is 11.6 Å². The van der Waals surface area contributed by atoms with Gasteiger partial charge in [0.25, 0.3) is 0 Å². The maximum absolute atomic E-state index is 12.2. The van der Waals surface area contributed by atoms with Gasteiger partial charge in [0.1, 0.15) is 5.75 Å². The fourth-order valence-corrected chi connectivity index (χ4v) is 2.01. The molecule has 0 saturated heterocycles. The van der Waals surface area contributed by atoms with Crippen molar-refractivity contribution < 1.29 is 19.4 Å². The van der Waals surface area contributed by atoms with E-state index >= 15 is 0 Å². The van der Waals surface area contributed by atoms with Gasteiger partial charge in [-0.25, -0.2) is 0 Å². The van der Waals surface area contributed by atoms with E-state index in [2.05, 4.69) is 0 Å². The molecule has 0 amide bonds. The molecular formula is C14H14O4. The van der Waals surface area contributed by atoms with Crippen molar-refractivity contribution in [2.45, 2.75) is 13.8 Å². The number of carbonyl (C=O) groups is 2. The standard InChI is InChI=1S/C14H14O4/c1-3-18-7-10-8(2)13(16)9-5-4-6-11(15)12(9)14(10)17/h4-6,15H,3,7H2,1-2H3. The summed E-state index contributed by atoms with van der Waals surface area (Å²) >= 11 is 0. The summed E-state index contributed by atoms with van der Waals surface area (Å²) in [6, 6.07) is 4.51. The lowest BCUT2D eigenvalue weighted by Gasteiger charge is -2.19. The number of ketones is 2. The number of carbonyl (C=O) groups excluding carboxylic acids is 2. The number of hydrogen-bond acceptors (Lipinski definition) is 4. The van der Waals surface area contributed by atoms with Crippen LogP contribution < -0.4 is 0 Å². The molecule has 0 bridgehead atoms. The summed E-state index contributed by atoms with van der Waals surface area (Å²) in [6.07, 6.45) is 0. The number of phenols is 1. The number of aromatic hydroxyl groups is 1. The van der Waals surface area contributed by atoms with E-state index in [1.165, 1.54) is 6.07 Å². The highest BCUT2D eigenvalue weighted by molar-refractivity contribution is 6.27. The molecular weight excluding hydrogens is 232 g/mol. The number of allylic oxidation sites excluding steroid dienone is 1. The van der Waals surface area contributed by atoms with E-state index in [0.717, 1.165) is 0 Å². The molecule has 2 rings (SSSR count). The smallest absolute Gasteiger partial charge is 0.196 e. The number of Topliss-reactive ketones (excluding diaryl/α,β-unsaturated/α-hetero) is 2. The van der Waals surface area contributed by atoms with Crippen LogP contribution in [-0.4, -0.2) is 29.9 Å². The summed E-state index contributed by atoms with van der Waals surface area (Å²) in [4.78, 5) is 24.4. The molecule has 4 nitrogen and oxygen atoms in total. The number of ether oxygens (including phenoxy) is 1. The Balaban J connectivity index is 2.54. The summed E-state index contributed by atoms with van der Waals surface area (Å²) in [5.74, 6) is -0.712. The number of hydrogen-bond donors (Lipinski definition) is 1. The normalized spacial score (nSPS) is 15.0.